The molecule has 0 aliphatic rings. The number of H-pyrrole nitrogens is 1. The molecule has 0 aliphatic carbocycles. The number of aromatic amines is 1. The number of rotatable bonds is 2. The minimum atomic E-state index is -0.112. The predicted molar refractivity (Wildman–Crippen MR) is 46.1 cm³/mol. The minimum absolute atomic E-state index is 0.112. The summed E-state index contributed by atoms with van der Waals surface area (Å²) in [6.07, 6.45) is 0. The molecule has 0 fully saturated rings. The number of hydrogen-bond acceptors (Lipinski definition) is 2. The summed E-state index contributed by atoms with van der Waals surface area (Å²) >= 11 is 0. The maximum absolute atomic E-state index is 11.3. The average molecular weight is 167 g/mol. The monoisotopic (exact) mass is 167 g/mol. The highest BCUT2D eigenvalue weighted by Crippen LogP contribution is 2.07. The van der Waals surface area contributed by atoms with Crippen LogP contribution in [0, 0.1) is 13.8 Å². The van der Waals surface area contributed by atoms with Crippen molar-refractivity contribution in [1.29, 1.82) is 0 Å². The summed E-state index contributed by atoms with van der Waals surface area (Å²) in [7, 11) is 0. The van der Waals surface area contributed by atoms with Crippen molar-refractivity contribution in [3.05, 3.63) is 17.0 Å². The largest absolute Gasteiger partial charge is 0.351 e. The molecule has 4 heteroatoms. The van der Waals surface area contributed by atoms with E-state index >= 15 is 0 Å². The lowest BCUT2D eigenvalue weighted by atomic mass is 10.2. The summed E-state index contributed by atoms with van der Waals surface area (Å²) in [5.74, 6) is -0.112. The first-order valence-electron chi connectivity index (χ1n) is 3.96. The van der Waals surface area contributed by atoms with Gasteiger partial charge in [0, 0.05) is 17.8 Å². The van der Waals surface area contributed by atoms with Gasteiger partial charge in [-0.2, -0.15) is 5.10 Å². The number of amides is 1. The van der Waals surface area contributed by atoms with Gasteiger partial charge in [0.25, 0.3) is 5.91 Å². The fraction of sp³-hybridized carbons (Fsp3) is 0.500. The second kappa shape index (κ2) is 3.38. The molecule has 2 N–H and O–H groups in total. The molecular weight excluding hydrogens is 154 g/mol. The van der Waals surface area contributed by atoms with E-state index in [-0.39, 0.29) is 5.91 Å². The van der Waals surface area contributed by atoms with Gasteiger partial charge in [-0.05, 0) is 20.8 Å². The van der Waals surface area contributed by atoms with Gasteiger partial charge in [-0.15, -0.1) is 0 Å². The van der Waals surface area contributed by atoms with Crippen LogP contribution in [0.1, 0.15) is 28.7 Å². The van der Waals surface area contributed by atoms with Crippen LogP contribution in [0.25, 0.3) is 0 Å². The van der Waals surface area contributed by atoms with E-state index < -0.39 is 0 Å². The van der Waals surface area contributed by atoms with Crippen molar-refractivity contribution in [2.75, 3.05) is 6.54 Å². The van der Waals surface area contributed by atoms with E-state index in [1.807, 2.05) is 20.8 Å². The third-order valence-corrected chi connectivity index (χ3v) is 1.81. The van der Waals surface area contributed by atoms with Crippen LogP contribution in [0.2, 0.25) is 0 Å². The molecule has 0 bridgehead atoms. The Morgan fingerprint density at radius 3 is 2.67 bits per heavy atom. The molecule has 1 aromatic heterocycles. The molecule has 0 unspecified atom stereocenters. The number of hydrogen-bond donors (Lipinski definition) is 2. The van der Waals surface area contributed by atoms with E-state index in [1.165, 1.54) is 0 Å². The first-order valence-corrected chi connectivity index (χ1v) is 3.96. The fourth-order valence-corrected chi connectivity index (χ4v) is 0.950. The first kappa shape index (κ1) is 8.77. The van der Waals surface area contributed by atoms with Crippen LogP contribution in [0.3, 0.4) is 0 Å². The Labute approximate surface area is 71.4 Å². The summed E-state index contributed by atoms with van der Waals surface area (Å²) in [5, 5.41) is 9.36. The molecule has 1 rings (SSSR count). The summed E-state index contributed by atoms with van der Waals surface area (Å²) in [6, 6.07) is 0. The van der Waals surface area contributed by atoms with E-state index in [9.17, 15) is 4.79 Å². The standard InChI is InChI=1S/C8H13N3O/c1-4-9-8(12)7-5(2)6(3)10-11-7/h4H2,1-3H3,(H,9,12)(H,10,11). The van der Waals surface area contributed by atoms with E-state index in [4.69, 9.17) is 0 Å². The zero-order valence-electron chi connectivity index (χ0n) is 7.56. The van der Waals surface area contributed by atoms with E-state index in [2.05, 4.69) is 15.5 Å². The lowest BCUT2D eigenvalue weighted by molar-refractivity contribution is 0.0950. The molecule has 0 atom stereocenters. The van der Waals surface area contributed by atoms with Gasteiger partial charge >= 0.3 is 0 Å². The van der Waals surface area contributed by atoms with Crippen LogP contribution in [-0.2, 0) is 0 Å². The van der Waals surface area contributed by atoms with E-state index in [1.54, 1.807) is 0 Å². The molecule has 1 heterocycles. The molecule has 0 radical (unpaired) electrons. The highest BCUT2D eigenvalue weighted by Gasteiger charge is 2.12. The minimum Gasteiger partial charge on any atom is -0.351 e. The van der Waals surface area contributed by atoms with Gasteiger partial charge in [-0.3, -0.25) is 9.89 Å². The number of aryl methyl sites for hydroxylation is 1. The predicted octanol–water partition coefficient (Wildman–Crippen LogP) is 0.776. The van der Waals surface area contributed by atoms with Gasteiger partial charge in [-0.1, -0.05) is 0 Å². The molecule has 0 saturated heterocycles. The van der Waals surface area contributed by atoms with Crippen LogP contribution in [-0.4, -0.2) is 22.6 Å². The average Bonchev–Trinajstić information content (AvgIpc) is 2.34. The van der Waals surface area contributed by atoms with Gasteiger partial charge in [0.05, 0.1) is 0 Å². The Balaban J connectivity index is 2.88. The van der Waals surface area contributed by atoms with Crippen LogP contribution in [0.15, 0.2) is 0 Å². The Kier molecular flexibility index (Phi) is 2.47. The maximum atomic E-state index is 11.3. The Morgan fingerprint density at radius 1 is 1.58 bits per heavy atom. The summed E-state index contributed by atoms with van der Waals surface area (Å²) < 4.78 is 0. The van der Waals surface area contributed by atoms with Gasteiger partial charge in [0.1, 0.15) is 0 Å². The van der Waals surface area contributed by atoms with Gasteiger partial charge in [0.2, 0.25) is 0 Å². The van der Waals surface area contributed by atoms with Crippen molar-refractivity contribution in [3.63, 3.8) is 0 Å². The van der Waals surface area contributed by atoms with Crippen molar-refractivity contribution in [1.82, 2.24) is 15.5 Å². The van der Waals surface area contributed by atoms with Crippen molar-refractivity contribution in [3.8, 4) is 0 Å². The molecule has 1 aromatic rings. The highest BCUT2D eigenvalue weighted by molar-refractivity contribution is 5.93. The lowest BCUT2D eigenvalue weighted by Gasteiger charge is -1.98. The molecule has 1 amide bonds. The lowest BCUT2D eigenvalue weighted by Crippen LogP contribution is -2.23. The topological polar surface area (TPSA) is 57.8 Å². The normalized spacial score (nSPS) is 9.92. The van der Waals surface area contributed by atoms with Crippen molar-refractivity contribution in [2.45, 2.75) is 20.8 Å². The Hall–Kier alpha value is -1.32. The Morgan fingerprint density at radius 2 is 2.25 bits per heavy atom. The Bertz CT molecular complexity index is 290. The van der Waals surface area contributed by atoms with E-state index in [0.717, 1.165) is 11.3 Å². The van der Waals surface area contributed by atoms with E-state index in [0.29, 0.717) is 12.2 Å². The fourth-order valence-electron chi connectivity index (χ4n) is 0.950. The molecule has 4 nitrogen and oxygen atoms in total. The van der Waals surface area contributed by atoms with Crippen molar-refractivity contribution >= 4 is 5.91 Å². The highest BCUT2D eigenvalue weighted by atomic mass is 16.1. The van der Waals surface area contributed by atoms with Crippen LogP contribution >= 0.6 is 0 Å². The van der Waals surface area contributed by atoms with Crippen LogP contribution in [0.5, 0.6) is 0 Å². The van der Waals surface area contributed by atoms with Crippen LogP contribution < -0.4 is 5.32 Å². The molecular formula is C8H13N3O. The number of aromatic nitrogens is 2. The third-order valence-electron chi connectivity index (χ3n) is 1.81. The summed E-state index contributed by atoms with van der Waals surface area (Å²) in [4.78, 5) is 11.3. The van der Waals surface area contributed by atoms with Gasteiger partial charge in [-0.25, -0.2) is 0 Å². The zero-order valence-corrected chi connectivity index (χ0v) is 7.56. The van der Waals surface area contributed by atoms with Crippen molar-refractivity contribution in [2.24, 2.45) is 0 Å². The second-order valence-corrected chi connectivity index (χ2v) is 2.68. The number of carbonyl (C=O) groups is 1. The SMILES string of the molecule is CCNC(=O)c1n[nH]c(C)c1C. The quantitative estimate of drug-likeness (QED) is 0.683. The number of carbonyl (C=O) groups excluding carboxylic acids is 1. The second-order valence-electron chi connectivity index (χ2n) is 2.68. The molecule has 12 heavy (non-hydrogen) atoms. The molecule has 0 aromatic carbocycles. The third kappa shape index (κ3) is 1.47. The maximum Gasteiger partial charge on any atom is 0.272 e. The van der Waals surface area contributed by atoms with Crippen LogP contribution in [0.4, 0.5) is 0 Å². The summed E-state index contributed by atoms with van der Waals surface area (Å²) in [5.41, 5.74) is 2.35. The first-order chi connectivity index (χ1) is 5.66. The van der Waals surface area contributed by atoms with Gasteiger partial charge in [0.15, 0.2) is 5.69 Å². The summed E-state index contributed by atoms with van der Waals surface area (Å²) in [6.45, 7) is 6.28. The number of nitrogens with zero attached hydrogens (tertiary/aromatic N) is 1. The molecule has 66 valence electrons. The molecule has 0 spiro atoms. The molecule has 0 aliphatic heterocycles. The molecule has 0 saturated carbocycles. The van der Waals surface area contributed by atoms with Gasteiger partial charge < -0.3 is 5.32 Å². The zero-order chi connectivity index (χ0) is 9.14. The van der Waals surface area contributed by atoms with Crippen molar-refractivity contribution < 1.29 is 4.79 Å². The smallest absolute Gasteiger partial charge is 0.272 e. The number of nitrogens with one attached hydrogen (secondary N) is 2.